The lowest BCUT2D eigenvalue weighted by atomic mass is 10.0. The number of amides is 1. The molecule has 2 atom stereocenters. The molecule has 1 aliphatic heterocycles. The van der Waals surface area contributed by atoms with Crippen LogP contribution in [0.25, 0.3) is 11.3 Å². The lowest BCUT2D eigenvalue weighted by Gasteiger charge is -2.36. The molecule has 1 unspecified atom stereocenters. The molecule has 0 saturated heterocycles. The van der Waals surface area contributed by atoms with Crippen molar-refractivity contribution < 1.29 is 27.5 Å². The molecule has 0 saturated carbocycles. The fourth-order valence-electron chi connectivity index (χ4n) is 4.06. The molecule has 2 aromatic heterocycles. The Labute approximate surface area is 191 Å². The number of imidazole rings is 1. The Kier molecular flexibility index (Phi) is 5.48. The van der Waals surface area contributed by atoms with Crippen LogP contribution in [-0.2, 0) is 19.2 Å². The Morgan fingerprint density at radius 3 is 2.62 bits per heavy atom. The highest BCUT2D eigenvalue weighted by Gasteiger charge is 2.55. The second-order valence-corrected chi connectivity index (χ2v) is 8.39. The van der Waals surface area contributed by atoms with Crippen LogP contribution >= 0.6 is 0 Å². The smallest absolute Gasteiger partial charge is 0.374 e. The zero-order valence-corrected chi connectivity index (χ0v) is 18.4. The van der Waals surface area contributed by atoms with Crippen LogP contribution in [0.4, 0.5) is 17.6 Å². The molecule has 0 aliphatic carbocycles. The summed E-state index contributed by atoms with van der Waals surface area (Å²) >= 11 is 0. The average molecular weight is 476 g/mol. The van der Waals surface area contributed by atoms with Gasteiger partial charge in [-0.15, -0.1) is 0 Å². The topological polar surface area (TPSA) is 100.0 Å². The summed E-state index contributed by atoms with van der Waals surface area (Å²) in [6, 6.07) is 6.59. The van der Waals surface area contributed by atoms with E-state index in [1.54, 1.807) is 6.92 Å². The Bertz CT molecular complexity index is 1320. The molecule has 1 N–H and O–H groups in total. The van der Waals surface area contributed by atoms with E-state index in [0.29, 0.717) is 12.6 Å². The fourth-order valence-corrected chi connectivity index (χ4v) is 4.06. The molecule has 0 fully saturated rings. The third kappa shape index (κ3) is 3.71. The molecule has 1 aromatic carbocycles. The maximum atomic E-state index is 14.4. The van der Waals surface area contributed by atoms with Gasteiger partial charge in [0.2, 0.25) is 5.60 Å². The van der Waals surface area contributed by atoms with Crippen molar-refractivity contribution in [3.8, 4) is 17.3 Å². The van der Waals surface area contributed by atoms with E-state index in [2.05, 4.69) is 10.1 Å². The van der Waals surface area contributed by atoms with Crippen molar-refractivity contribution in [1.82, 2.24) is 24.2 Å². The number of benzene rings is 1. The number of carbonyl (C=O) groups is 1. The molecule has 3 heterocycles. The van der Waals surface area contributed by atoms with E-state index in [1.807, 2.05) is 6.07 Å². The van der Waals surface area contributed by atoms with Gasteiger partial charge < -0.3 is 14.6 Å². The fraction of sp³-hybridized carbons (Fsp3) is 0.364. The van der Waals surface area contributed by atoms with Crippen molar-refractivity contribution in [2.45, 2.75) is 38.2 Å². The summed E-state index contributed by atoms with van der Waals surface area (Å²) in [7, 11) is 1.52. The zero-order chi connectivity index (χ0) is 25.0. The third-order valence-corrected chi connectivity index (χ3v) is 5.90. The third-order valence-electron chi connectivity index (χ3n) is 5.90. The summed E-state index contributed by atoms with van der Waals surface area (Å²) in [6.45, 7) is 2.30. The van der Waals surface area contributed by atoms with Crippen molar-refractivity contribution in [3.63, 3.8) is 0 Å². The number of fused-ring (bicyclic) bond motifs is 1. The summed E-state index contributed by atoms with van der Waals surface area (Å²) in [5.74, 6) is -1.64. The van der Waals surface area contributed by atoms with Gasteiger partial charge in [-0.2, -0.15) is 23.5 Å². The van der Waals surface area contributed by atoms with Crippen LogP contribution in [0.15, 0.2) is 30.5 Å². The molecular formula is C22H20F4N6O2. The number of nitriles is 1. The number of rotatable bonds is 3. The van der Waals surface area contributed by atoms with Crippen molar-refractivity contribution in [2.75, 3.05) is 6.54 Å². The first kappa shape index (κ1) is 23.4. The molecule has 0 spiro atoms. The van der Waals surface area contributed by atoms with E-state index in [4.69, 9.17) is 5.26 Å². The number of hydrogen-bond donors (Lipinski definition) is 1. The first-order chi connectivity index (χ1) is 15.8. The molecule has 3 aromatic rings. The number of carbonyl (C=O) groups excluding carboxylic acids is 1. The van der Waals surface area contributed by atoms with Crippen LogP contribution in [-0.4, -0.2) is 48.0 Å². The minimum absolute atomic E-state index is 0.0319. The maximum Gasteiger partial charge on any atom is 0.424 e. The molecule has 8 nitrogen and oxygen atoms in total. The number of halogens is 4. The van der Waals surface area contributed by atoms with Crippen LogP contribution in [0.1, 0.15) is 47.5 Å². The van der Waals surface area contributed by atoms with Gasteiger partial charge in [0, 0.05) is 19.2 Å². The van der Waals surface area contributed by atoms with Crippen molar-refractivity contribution in [3.05, 3.63) is 59.1 Å². The van der Waals surface area contributed by atoms with Gasteiger partial charge in [0.05, 0.1) is 41.8 Å². The Morgan fingerprint density at radius 1 is 1.29 bits per heavy atom. The number of hydrogen-bond acceptors (Lipinski definition) is 5. The summed E-state index contributed by atoms with van der Waals surface area (Å²) in [5, 5.41) is 23.2. The number of aliphatic hydroxyl groups is 1. The van der Waals surface area contributed by atoms with Gasteiger partial charge in [0.25, 0.3) is 5.91 Å². The van der Waals surface area contributed by atoms with E-state index >= 15 is 0 Å². The molecule has 12 heteroatoms. The van der Waals surface area contributed by atoms with Gasteiger partial charge >= 0.3 is 6.18 Å². The van der Waals surface area contributed by atoms with E-state index in [1.165, 1.54) is 45.6 Å². The quantitative estimate of drug-likeness (QED) is 0.585. The Hall–Kier alpha value is -3.72. The molecular weight excluding hydrogens is 456 g/mol. The first-order valence-corrected chi connectivity index (χ1v) is 10.2. The summed E-state index contributed by atoms with van der Waals surface area (Å²) in [5.41, 5.74) is -2.18. The number of alkyl halides is 3. The number of nitrogens with zero attached hydrogens (tertiary/aromatic N) is 6. The minimum Gasteiger partial charge on any atom is -0.374 e. The van der Waals surface area contributed by atoms with Crippen molar-refractivity contribution in [2.24, 2.45) is 7.05 Å². The molecule has 34 heavy (non-hydrogen) atoms. The normalized spacial score (nSPS) is 17.7. The average Bonchev–Trinajstić information content (AvgIpc) is 3.36. The minimum atomic E-state index is -4.92. The molecule has 178 valence electrons. The van der Waals surface area contributed by atoms with Gasteiger partial charge in [-0.05, 0) is 38.1 Å². The van der Waals surface area contributed by atoms with Gasteiger partial charge in [-0.3, -0.25) is 9.48 Å². The van der Waals surface area contributed by atoms with E-state index < -0.39 is 35.4 Å². The van der Waals surface area contributed by atoms with E-state index in [9.17, 15) is 27.5 Å². The summed E-state index contributed by atoms with van der Waals surface area (Å²) < 4.78 is 57.1. The van der Waals surface area contributed by atoms with Gasteiger partial charge in [-0.1, -0.05) is 0 Å². The summed E-state index contributed by atoms with van der Waals surface area (Å²) in [4.78, 5) is 18.5. The largest absolute Gasteiger partial charge is 0.424 e. The van der Waals surface area contributed by atoms with E-state index in [-0.39, 0.29) is 35.6 Å². The monoisotopic (exact) mass is 476 g/mol. The van der Waals surface area contributed by atoms with Crippen LogP contribution in [0.5, 0.6) is 0 Å². The van der Waals surface area contributed by atoms with Crippen LogP contribution in [0.3, 0.4) is 0 Å². The maximum absolute atomic E-state index is 14.4. The van der Waals surface area contributed by atoms with Gasteiger partial charge in [0.1, 0.15) is 11.5 Å². The Balaban J connectivity index is 1.63. The molecule has 1 amide bonds. The highest BCUT2D eigenvalue weighted by molar-refractivity contribution is 5.93. The lowest BCUT2D eigenvalue weighted by molar-refractivity contribution is -0.263. The van der Waals surface area contributed by atoms with Gasteiger partial charge in [0.15, 0.2) is 5.82 Å². The lowest BCUT2D eigenvalue weighted by Crippen LogP contribution is -2.45. The predicted molar refractivity (Wildman–Crippen MR) is 111 cm³/mol. The van der Waals surface area contributed by atoms with Crippen molar-refractivity contribution in [1.29, 1.82) is 5.26 Å². The molecule has 0 radical (unpaired) electrons. The summed E-state index contributed by atoms with van der Waals surface area (Å²) in [6.07, 6.45) is -3.71. The van der Waals surface area contributed by atoms with Crippen LogP contribution in [0, 0.1) is 17.1 Å². The van der Waals surface area contributed by atoms with Crippen molar-refractivity contribution >= 4 is 5.91 Å². The highest BCUT2D eigenvalue weighted by atomic mass is 19.4. The highest BCUT2D eigenvalue weighted by Crippen LogP contribution is 2.40. The predicted octanol–water partition coefficient (Wildman–Crippen LogP) is 3.28. The van der Waals surface area contributed by atoms with Crippen LogP contribution < -0.4 is 0 Å². The van der Waals surface area contributed by atoms with Gasteiger partial charge in [-0.25, -0.2) is 9.37 Å². The van der Waals surface area contributed by atoms with Crippen LogP contribution in [0.2, 0.25) is 0 Å². The Morgan fingerprint density at radius 2 is 2.00 bits per heavy atom. The number of aryl methyl sites for hydroxylation is 1. The molecule has 1 aliphatic rings. The second-order valence-electron chi connectivity index (χ2n) is 8.39. The number of aromatic nitrogens is 4. The van der Waals surface area contributed by atoms with E-state index in [0.717, 1.165) is 6.07 Å². The molecule has 4 rings (SSSR count). The zero-order valence-electron chi connectivity index (χ0n) is 18.4. The standard InChI is InChI=1S/C22H20F4N6O2/c1-12-10-31(11-14-9-28-20(32(12)14)21(2,34)22(24,25)26)19(33)18-7-17(29-30(18)3)15-5-4-13(8-27)6-16(15)23/h4-7,9,12,34H,10-11H2,1-3H3/t12-,21?/m0/s1. The first-order valence-electron chi connectivity index (χ1n) is 10.2. The SMILES string of the molecule is C[C@H]1CN(C(=O)c2cc(-c3ccc(C#N)cc3F)nn2C)Cc2cnc(C(C)(O)C(F)(F)F)n21. The molecule has 0 bridgehead atoms. The second kappa shape index (κ2) is 7.95.